The maximum atomic E-state index is 11.4. The Morgan fingerprint density at radius 1 is 1.29 bits per heavy atom. The van der Waals surface area contributed by atoms with Gasteiger partial charge in [-0.05, 0) is 56.5 Å². The molecule has 114 valence electrons. The number of piperidine rings is 1. The predicted molar refractivity (Wildman–Crippen MR) is 86.7 cm³/mol. The lowest BCUT2D eigenvalue weighted by atomic mass is 9.89. The molecule has 0 radical (unpaired) electrons. The van der Waals surface area contributed by atoms with E-state index in [2.05, 4.69) is 48.6 Å². The molecule has 0 aromatic heterocycles. The topological polar surface area (TPSA) is 44.4 Å². The molecule has 2 aliphatic heterocycles. The first-order valence-electron chi connectivity index (χ1n) is 7.92. The second-order valence-electron chi connectivity index (χ2n) is 6.67. The molecular weight excluding hydrogens is 262 g/mol. The fraction of sp³-hybridized carbons (Fsp3) is 0.588. The van der Waals surface area contributed by atoms with Crippen LogP contribution in [0.25, 0.3) is 0 Å². The average Bonchev–Trinajstić information content (AvgIpc) is 2.45. The molecule has 1 amide bonds. The Morgan fingerprint density at radius 2 is 2.10 bits per heavy atom. The number of benzene rings is 1. The second-order valence-corrected chi connectivity index (χ2v) is 6.67. The maximum absolute atomic E-state index is 11.4. The predicted octanol–water partition coefficient (Wildman–Crippen LogP) is 2.71. The number of likely N-dealkylation sites (tertiary alicyclic amines) is 1. The van der Waals surface area contributed by atoms with Gasteiger partial charge in [-0.3, -0.25) is 4.79 Å². The van der Waals surface area contributed by atoms with Gasteiger partial charge in [0, 0.05) is 36.4 Å². The summed E-state index contributed by atoms with van der Waals surface area (Å²) in [6.45, 7) is 5.75. The highest BCUT2D eigenvalue weighted by Crippen LogP contribution is 2.28. The number of nitrogens with one attached hydrogen (secondary N) is 2. The first-order valence-corrected chi connectivity index (χ1v) is 7.92. The van der Waals surface area contributed by atoms with E-state index in [1.807, 2.05) is 6.07 Å². The van der Waals surface area contributed by atoms with Crippen LogP contribution in [0.1, 0.15) is 32.3 Å². The molecular formula is C17H25N3O. The lowest BCUT2D eigenvalue weighted by Crippen LogP contribution is -2.48. The molecule has 2 aliphatic rings. The number of carbonyl (C=O) groups excluding carboxylic acids is 1. The molecule has 2 N–H and O–H groups in total. The van der Waals surface area contributed by atoms with E-state index in [1.165, 1.54) is 17.7 Å². The number of rotatable bonds is 2. The minimum atomic E-state index is 0.126. The Bertz CT molecular complexity index is 543. The molecule has 3 unspecified atom stereocenters. The van der Waals surface area contributed by atoms with Crippen molar-refractivity contribution in [1.29, 1.82) is 0 Å². The van der Waals surface area contributed by atoms with Gasteiger partial charge in [0.05, 0.1) is 0 Å². The maximum Gasteiger partial charge on any atom is 0.224 e. The van der Waals surface area contributed by atoms with Crippen molar-refractivity contribution in [2.24, 2.45) is 5.92 Å². The molecule has 1 fully saturated rings. The summed E-state index contributed by atoms with van der Waals surface area (Å²) >= 11 is 0. The molecule has 21 heavy (non-hydrogen) atoms. The molecule has 3 atom stereocenters. The summed E-state index contributed by atoms with van der Waals surface area (Å²) in [4.78, 5) is 13.8. The van der Waals surface area contributed by atoms with Crippen LogP contribution in [-0.4, -0.2) is 36.5 Å². The molecule has 4 nitrogen and oxygen atoms in total. The number of hydrogen-bond donors (Lipinski definition) is 2. The monoisotopic (exact) mass is 287 g/mol. The largest absolute Gasteiger partial charge is 0.382 e. The van der Waals surface area contributed by atoms with Gasteiger partial charge in [0.2, 0.25) is 5.91 Å². The Hall–Kier alpha value is -1.55. The second kappa shape index (κ2) is 5.68. The van der Waals surface area contributed by atoms with Gasteiger partial charge < -0.3 is 15.5 Å². The van der Waals surface area contributed by atoms with Crippen molar-refractivity contribution in [2.75, 3.05) is 24.2 Å². The van der Waals surface area contributed by atoms with E-state index in [1.54, 1.807) is 0 Å². The van der Waals surface area contributed by atoms with Crippen LogP contribution < -0.4 is 10.6 Å². The number of hydrogen-bond acceptors (Lipinski definition) is 3. The van der Waals surface area contributed by atoms with Gasteiger partial charge in [0.25, 0.3) is 0 Å². The van der Waals surface area contributed by atoms with Crippen molar-refractivity contribution in [3.8, 4) is 0 Å². The van der Waals surface area contributed by atoms with Crippen molar-refractivity contribution in [1.82, 2.24) is 4.90 Å². The summed E-state index contributed by atoms with van der Waals surface area (Å²) in [7, 11) is 2.21. The zero-order chi connectivity index (χ0) is 15.0. The molecule has 2 heterocycles. The first-order chi connectivity index (χ1) is 10.0. The quantitative estimate of drug-likeness (QED) is 0.879. The third-order valence-electron chi connectivity index (χ3n) is 4.96. The fourth-order valence-electron chi connectivity index (χ4n) is 3.43. The summed E-state index contributed by atoms with van der Waals surface area (Å²) < 4.78 is 0. The van der Waals surface area contributed by atoms with Gasteiger partial charge in [0.15, 0.2) is 0 Å². The third kappa shape index (κ3) is 3.05. The molecule has 0 spiro atoms. The van der Waals surface area contributed by atoms with E-state index in [4.69, 9.17) is 0 Å². The van der Waals surface area contributed by atoms with Crippen molar-refractivity contribution in [2.45, 2.75) is 45.2 Å². The van der Waals surface area contributed by atoms with E-state index in [0.717, 1.165) is 18.7 Å². The van der Waals surface area contributed by atoms with E-state index < -0.39 is 0 Å². The van der Waals surface area contributed by atoms with Gasteiger partial charge >= 0.3 is 0 Å². The standard InChI is InChI=1S/C17H25N3O/c1-11-10-20(3)12(2)8-16(11)18-14-5-6-15-13(9-14)4-7-17(21)19-15/h5-6,9,11-12,16,18H,4,7-8,10H2,1-3H3,(H,19,21). The number of carbonyl (C=O) groups is 1. The molecule has 4 heteroatoms. The van der Waals surface area contributed by atoms with Crippen molar-refractivity contribution in [3.63, 3.8) is 0 Å². The molecule has 0 aliphatic carbocycles. The van der Waals surface area contributed by atoms with Crippen LogP contribution >= 0.6 is 0 Å². The van der Waals surface area contributed by atoms with Crippen LogP contribution in [-0.2, 0) is 11.2 Å². The van der Waals surface area contributed by atoms with Gasteiger partial charge in [-0.25, -0.2) is 0 Å². The van der Waals surface area contributed by atoms with Crippen molar-refractivity contribution in [3.05, 3.63) is 23.8 Å². The van der Waals surface area contributed by atoms with Gasteiger partial charge in [-0.15, -0.1) is 0 Å². The summed E-state index contributed by atoms with van der Waals surface area (Å²) in [6, 6.07) is 7.45. The van der Waals surface area contributed by atoms with Crippen LogP contribution in [0.2, 0.25) is 0 Å². The number of anilines is 2. The zero-order valence-corrected chi connectivity index (χ0v) is 13.1. The fourth-order valence-corrected chi connectivity index (χ4v) is 3.43. The minimum absolute atomic E-state index is 0.126. The highest BCUT2D eigenvalue weighted by atomic mass is 16.1. The van der Waals surface area contributed by atoms with E-state index in [0.29, 0.717) is 24.4 Å². The summed E-state index contributed by atoms with van der Waals surface area (Å²) in [5, 5.41) is 6.64. The summed E-state index contributed by atoms with van der Waals surface area (Å²) in [5.74, 6) is 0.767. The number of amides is 1. The van der Waals surface area contributed by atoms with E-state index in [-0.39, 0.29) is 5.91 Å². The van der Waals surface area contributed by atoms with Crippen molar-refractivity contribution < 1.29 is 4.79 Å². The Morgan fingerprint density at radius 3 is 2.90 bits per heavy atom. The molecule has 0 saturated carbocycles. The molecule has 1 aromatic carbocycles. The first kappa shape index (κ1) is 14.4. The van der Waals surface area contributed by atoms with Crippen molar-refractivity contribution >= 4 is 17.3 Å². The number of aryl methyl sites for hydroxylation is 1. The van der Waals surface area contributed by atoms with E-state index in [9.17, 15) is 4.79 Å². The Balaban J connectivity index is 1.72. The van der Waals surface area contributed by atoms with Gasteiger partial charge in [-0.2, -0.15) is 0 Å². The molecule has 1 saturated heterocycles. The highest BCUT2D eigenvalue weighted by Gasteiger charge is 2.28. The highest BCUT2D eigenvalue weighted by molar-refractivity contribution is 5.94. The Kier molecular flexibility index (Phi) is 3.89. The zero-order valence-electron chi connectivity index (χ0n) is 13.1. The molecule has 1 aromatic rings. The van der Waals surface area contributed by atoms with E-state index >= 15 is 0 Å². The van der Waals surface area contributed by atoms with Crippen LogP contribution in [0, 0.1) is 5.92 Å². The van der Waals surface area contributed by atoms with Crippen LogP contribution in [0.5, 0.6) is 0 Å². The Labute approximate surface area is 126 Å². The lowest BCUT2D eigenvalue weighted by molar-refractivity contribution is -0.116. The SMILES string of the molecule is CC1CN(C)C(C)CC1Nc1ccc2c(c1)CCC(=O)N2. The van der Waals surface area contributed by atoms with Gasteiger partial charge in [0.1, 0.15) is 0 Å². The molecule has 3 rings (SSSR count). The lowest BCUT2D eigenvalue weighted by Gasteiger charge is -2.40. The minimum Gasteiger partial charge on any atom is -0.382 e. The smallest absolute Gasteiger partial charge is 0.224 e. The van der Waals surface area contributed by atoms with Crippen LogP contribution in [0.15, 0.2) is 18.2 Å². The van der Waals surface area contributed by atoms with Crippen LogP contribution in [0.4, 0.5) is 11.4 Å². The summed E-state index contributed by atoms with van der Waals surface area (Å²) in [6.07, 6.45) is 2.61. The van der Waals surface area contributed by atoms with Crippen LogP contribution in [0.3, 0.4) is 0 Å². The van der Waals surface area contributed by atoms with Gasteiger partial charge in [-0.1, -0.05) is 6.92 Å². The number of nitrogens with zero attached hydrogens (tertiary/aromatic N) is 1. The molecule has 0 bridgehead atoms. The normalized spacial score (nSPS) is 29.7. The number of fused-ring (bicyclic) bond motifs is 1. The third-order valence-corrected chi connectivity index (χ3v) is 4.96. The summed E-state index contributed by atoms with van der Waals surface area (Å²) in [5.41, 5.74) is 3.40. The average molecular weight is 287 g/mol.